The zero-order valence-corrected chi connectivity index (χ0v) is 11.5. The van der Waals surface area contributed by atoms with Crippen LogP contribution in [0.2, 0.25) is 0 Å². The average Bonchev–Trinajstić information content (AvgIpc) is 2.87. The van der Waals surface area contributed by atoms with Crippen LogP contribution >= 0.6 is 0 Å². The standard InChI is InChI=1S/C17H14FNO2/c1-2-21-17(20)14-11-12-7-5-6-10-19(12)16(14)13-8-3-4-9-15(13)18/h3-11H,2H2,1H3. The number of hydrogen-bond donors (Lipinski definition) is 0. The highest BCUT2D eigenvalue weighted by molar-refractivity contribution is 5.99. The van der Waals surface area contributed by atoms with Crippen molar-refractivity contribution in [3.8, 4) is 11.3 Å². The Morgan fingerprint density at radius 3 is 2.71 bits per heavy atom. The molecule has 3 aromatic rings. The molecule has 106 valence electrons. The molecule has 3 rings (SSSR count). The number of aromatic nitrogens is 1. The Kier molecular flexibility index (Phi) is 3.44. The molecule has 0 unspecified atom stereocenters. The van der Waals surface area contributed by atoms with Gasteiger partial charge in [0.2, 0.25) is 0 Å². The van der Waals surface area contributed by atoms with E-state index in [0.717, 1.165) is 5.52 Å². The van der Waals surface area contributed by atoms with Gasteiger partial charge in [0, 0.05) is 17.3 Å². The van der Waals surface area contributed by atoms with E-state index >= 15 is 0 Å². The van der Waals surface area contributed by atoms with Gasteiger partial charge in [0.1, 0.15) is 5.82 Å². The number of hydrogen-bond acceptors (Lipinski definition) is 2. The minimum Gasteiger partial charge on any atom is -0.462 e. The fourth-order valence-electron chi connectivity index (χ4n) is 2.42. The number of esters is 1. The molecule has 0 amide bonds. The Balaban J connectivity index is 2.31. The lowest BCUT2D eigenvalue weighted by Crippen LogP contribution is -2.06. The second-order valence-electron chi connectivity index (χ2n) is 4.60. The van der Waals surface area contributed by atoms with Crippen molar-refractivity contribution in [1.29, 1.82) is 0 Å². The van der Waals surface area contributed by atoms with Crippen molar-refractivity contribution in [1.82, 2.24) is 4.40 Å². The van der Waals surface area contributed by atoms with Crippen LogP contribution in [-0.4, -0.2) is 17.0 Å². The minimum atomic E-state index is -0.445. The topological polar surface area (TPSA) is 30.7 Å². The Labute approximate surface area is 121 Å². The van der Waals surface area contributed by atoms with E-state index in [-0.39, 0.29) is 12.4 Å². The third kappa shape index (κ3) is 2.29. The lowest BCUT2D eigenvalue weighted by atomic mass is 10.1. The van der Waals surface area contributed by atoms with Gasteiger partial charge in [0.05, 0.1) is 17.9 Å². The lowest BCUT2D eigenvalue weighted by Gasteiger charge is -2.07. The third-order valence-corrected chi connectivity index (χ3v) is 3.30. The second-order valence-corrected chi connectivity index (χ2v) is 4.60. The van der Waals surface area contributed by atoms with Gasteiger partial charge in [0.15, 0.2) is 0 Å². The van der Waals surface area contributed by atoms with Crippen LogP contribution in [0.15, 0.2) is 54.7 Å². The van der Waals surface area contributed by atoms with E-state index in [4.69, 9.17) is 4.74 Å². The first kappa shape index (κ1) is 13.4. The third-order valence-electron chi connectivity index (χ3n) is 3.30. The van der Waals surface area contributed by atoms with Gasteiger partial charge in [-0.25, -0.2) is 9.18 Å². The van der Waals surface area contributed by atoms with Gasteiger partial charge in [-0.1, -0.05) is 18.2 Å². The van der Waals surface area contributed by atoms with Crippen molar-refractivity contribution < 1.29 is 13.9 Å². The molecular formula is C17H14FNO2. The molecule has 0 saturated heterocycles. The molecule has 0 N–H and O–H groups in total. The molecule has 0 aliphatic carbocycles. The summed E-state index contributed by atoms with van der Waals surface area (Å²) in [5.41, 5.74) is 2.08. The molecule has 4 heteroatoms. The number of rotatable bonds is 3. The first-order chi connectivity index (χ1) is 10.2. The van der Waals surface area contributed by atoms with Gasteiger partial charge >= 0.3 is 5.97 Å². The van der Waals surface area contributed by atoms with Gasteiger partial charge in [0.25, 0.3) is 0 Å². The van der Waals surface area contributed by atoms with E-state index in [9.17, 15) is 9.18 Å². The van der Waals surface area contributed by atoms with Crippen LogP contribution in [0.1, 0.15) is 17.3 Å². The quantitative estimate of drug-likeness (QED) is 0.682. The summed E-state index contributed by atoms with van der Waals surface area (Å²) in [7, 11) is 0. The number of benzene rings is 1. The number of nitrogens with zero attached hydrogens (tertiary/aromatic N) is 1. The minimum absolute atomic E-state index is 0.280. The van der Waals surface area contributed by atoms with E-state index in [1.165, 1.54) is 6.07 Å². The molecule has 2 heterocycles. The van der Waals surface area contributed by atoms with E-state index in [0.29, 0.717) is 16.8 Å². The fourth-order valence-corrected chi connectivity index (χ4v) is 2.42. The van der Waals surface area contributed by atoms with E-state index in [1.54, 1.807) is 41.8 Å². The number of pyridine rings is 1. The molecule has 0 saturated carbocycles. The van der Waals surface area contributed by atoms with Crippen LogP contribution in [0.5, 0.6) is 0 Å². The summed E-state index contributed by atoms with van der Waals surface area (Å²) >= 11 is 0. The van der Waals surface area contributed by atoms with Crippen LogP contribution in [0.3, 0.4) is 0 Å². The predicted molar refractivity (Wildman–Crippen MR) is 78.7 cm³/mol. The maximum atomic E-state index is 14.1. The van der Waals surface area contributed by atoms with E-state index in [2.05, 4.69) is 0 Å². The molecule has 1 aromatic carbocycles. The highest BCUT2D eigenvalue weighted by atomic mass is 19.1. The first-order valence-corrected chi connectivity index (χ1v) is 6.74. The van der Waals surface area contributed by atoms with Crippen molar-refractivity contribution in [2.45, 2.75) is 6.92 Å². The van der Waals surface area contributed by atoms with Crippen molar-refractivity contribution in [3.63, 3.8) is 0 Å². The summed E-state index contributed by atoms with van der Waals surface area (Å²) in [6, 6.07) is 13.7. The Hall–Kier alpha value is -2.62. The monoisotopic (exact) mass is 283 g/mol. The van der Waals surface area contributed by atoms with Crippen LogP contribution in [0.4, 0.5) is 4.39 Å². The number of halogens is 1. The second kappa shape index (κ2) is 5.40. The SMILES string of the molecule is CCOC(=O)c1cc2ccccn2c1-c1ccccc1F. The molecule has 0 bridgehead atoms. The summed E-state index contributed by atoms with van der Waals surface area (Å²) in [6.07, 6.45) is 1.81. The number of carbonyl (C=O) groups is 1. The summed E-state index contributed by atoms with van der Waals surface area (Å²) < 4.78 is 21.0. The summed E-state index contributed by atoms with van der Waals surface area (Å²) in [5, 5.41) is 0. The fraction of sp³-hybridized carbons (Fsp3) is 0.118. The van der Waals surface area contributed by atoms with Crippen LogP contribution in [0, 0.1) is 5.82 Å². The Bertz CT molecular complexity index is 807. The predicted octanol–water partition coefficient (Wildman–Crippen LogP) is 3.92. The first-order valence-electron chi connectivity index (χ1n) is 6.74. The Morgan fingerprint density at radius 1 is 1.19 bits per heavy atom. The molecule has 21 heavy (non-hydrogen) atoms. The van der Waals surface area contributed by atoms with Crippen molar-refractivity contribution in [3.05, 3.63) is 66.1 Å². The molecular weight excluding hydrogens is 269 g/mol. The summed E-state index contributed by atoms with van der Waals surface area (Å²) in [6.45, 7) is 2.03. The zero-order valence-electron chi connectivity index (χ0n) is 11.5. The highest BCUT2D eigenvalue weighted by Gasteiger charge is 2.21. The molecule has 3 nitrogen and oxygen atoms in total. The van der Waals surface area contributed by atoms with Crippen LogP contribution in [-0.2, 0) is 4.74 Å². The maximum Gasteiger partial charge on any atom is 0.340 e. The molecule has 0 atom stereocenters. The van der Waals surface area contributed by atoms with Gasteiger partial charge in [-0.15, -0.1) is 0 Å². The largest absolute Gasteiger partial charge is 0.462 e. The molecule has 0 spiro atoms. The maximum absolute atomic E-state index is 14.1. The Morgan fingerprint density at radius 2 is 1.95 bits per heavy atom. The molecule has 0 fully saturated rings. The smallest absolute Gasteiger partial charge is 0.340 e. The number of carbonyl (C=O) groups excluding carboxylic acids is 1. The average molecular weight is 283 g/mol. The van der Waals surface area contributed by atoms with Crippen molar-refractivity contribution in [2.75, 3.05) is 6.61 Å². The molecule has 0 aliphatic heterocycles. The number of fused-ring (bicyclic) bond motifs is 1. The van der Waals surface area contributed by atoms with Crippen molar-refractivity contribution >= 4 is 11.5 Å². The van der Waals surface area contributed by atoms with Gasteiger partial charge in [-0.2, -0.15) is 0 Å². The summed E-state index contributed by atoms with van der Waals surface area (Å²) in [4.78, 5) is 12.2. The van der Waals surface area contributed by atoms with Crippen LogP contribution < -0.4 is 0 Å². The van der Waals surface area contributed by atoms with Crippen molar-refractivity contribution in [2.24, 2.45) is 0 Å². The van der Waals surface area contributed by atoms with Gasteiger partial charge in [-0.05, 0) is 37.3 Å². The van der Waals surface area contributed by atoms with Gasteiger partial charge in [-0.3, -0.25) is 0 Å². The normalized spacial score (nSPS) is 10.8. The molecule has 0 aliphatic rings. The highest BCUT2D eigenvalue weighted by Crippen LogP contribution is 2.30. The van der Waals surface area contributed by atoms with Crippen LogP contribution in [0.25, 0.3) is 16.8 Å². The summed E-state index contributed by atoms with van der Waals surface area (Å²) in [5.74, 6) is -0.814. The molecule has 2 aromatic heterocycles. The zero-order chi connectivity index (χ0) is 14.8. The van der Waals surface area contributed by atoms with E-state index < -0.39 is 5.97 Å². The molecule has 0 radical (unpaired) electrons. The lowest BCUT2D eigenvalue weighted by molar-refractivity contribution is 0.0527. The van der Waals surface area contributed by atoms with Gasteiger partial charge < -0.3 is 9.14 Å². The number of ether oxygens (including phenoxy) is 1. The van der Waals surface area contributed by atoms with E-state index in [1.807, 2.05) is 18.2 Å².